The number of nitrogens with one attached hydrogen (secondary N) is 1. The quantitative estimate of drug-likeness (QED) is 0.686. The number of nitrogens with two attached hydrogens (primary N) is 1. The zero-order valence-corrected chi connectivity index (χ0v) is 9.60. The van der Waals surface area contributed by atoms with E-state index in [0.29, 0.717) is 17.8 Å². The van der Waals surface area contributed by atoms with Gasteiger partial charge in [0.15, 0.2) is 0 Å². The van der Waals surface area contributed by atoms with Crippen molar-refractivity contribution in [1.82, 2.24) is 9.88 Å². The first-order chi connectivity index (χ1) is 8.13. The number of hydrogen-bond donors (Lipinski definition) is 3. The normalized spacial score (nSPS) is 10.7. The highest BCUT2D eigenvalue weighted by atomic mass is 16.3. The molecular formula is C12H15N3O2. The highest BCUT2D eigenvalue weighted by Crippen LogP contribution is 2.21. The molecule has 17 heavy (non-hydrogen) atoms. The summed E-state index contributed by atoms with van der Waals surface area (Å²) in [5.41, 5.74) is 7.78. The van der Waals surface area contributed by atoms with Crippen LogP contribution in [0.5, 0.6) is 0 Å². The topological polar surface area (TPSA) is 82.3 Å². The molecule has 4 N–H and O–H groups in total. The van der Waals surface area contributed by atoms with E-state index in [-0.39, 0.29) is 12.5 Å². The fraction of sp³-hybridized carbons (Fsp3) is 0.250. The van der Waals surface area contributed by atoms with Gasteiger partial charge in [0, 0.05) is 36.4 Å². The van der Waals surface area contributed by atoms with E-state index in [0.717, 1.165) is 10.9 Å². The molecule has 0 aliphatic carbocycles. The minimum atomic E-state index is -0.129. The van der Waals surface area contributed by atoms with Crippen LogP contribution < -0.4 is 5.73 Å². The van der Waals surface area contributed by atoms with Crippen molar-refractivity contribution in [3.8, 4) is 0 Å². The van der Waals surface area contributed by atoms with E-state index >= 15 is 0 Å². The summed E-state index contributed by atoms with van der Waals surface area (Å²) in [6.07, 6.45) is 1.67. The maximum Gasteiger partial charge on any atom is 0.255 e. The van der Waals surface area contributed by atoms with Gasteiger partial charge in [-0.15, -0.1) is 0 Å². The minimum absolute atomic E-state index is 0.0489. The number of nitrogen functional groups attached to an aromatic ring is 1. The Bertz CT molecular complexity index is 548. The Morgan fingerprint density at radius 1 is 1.53 bits per heavy atom. The lowest BCUT2D eigenvalue weighted by Crippen LogP contribution is -2.29. The molecule has 2 aromatic rings. The lowest BCUT2D eigenvalue weighted by Gasteiger charge is -2.14. The predicted octanol–water partition coefficient (Wildman–Crippen LogP) is 0.814. The Labute approximate surface area is 98.8 Å². The molecular weight excluding hydrogens is 218 g/mol. The fourth-order valence-corrected chi connectivity index (χ4v) is 1.77. The van der Waals surface area contributed by atoms with Crippen LogP contribution in [-0.2, 0) is 0 Å². The third-order valence-corrected chi connectivity index (χ3v) is 2.72. The predicted molar refractivity (Wildman–Crippen MR) is 66.8 cm³/mol. The Morgan fingerprint density at radius 3 is 3.00 bits per heavy atom. The number of hydrogen-bond acceptors (Lipinski definition) is 3. The number of aliphatic hydroxyl groups excluding tert-OH is 1. The molecule has 0 aliphatic rings. The highest BCUT2D eigenvalue weighted by molar-refractivity contribution is 6.07. The number of aromatic amines is 1. The van der Waals surface area contributed by atoms with Crippen LogP contribution in [0.15, 0.2) is 24.4 Å². The number of anilines is 1. The number of benzene rings is 1. The number of nitrogens with zero attached hydrogens (tertiary/aromatic N) is 1. The SMILES string of the molecule is CN(CCO)C(=O)c1c[nH]c2ccc(N)cc12. The van der Waals surface area contributed by atoms with Crippen LogP contribution in [-0.4, -0.2) is 41.1 Å². The first kappa shape index (κ1) is 11.5. The van der Waals surface area contributed by atoms with Gasteiger partial charge in [-0.05, 0) is 18.2 Å². The fourth-order valence-electron chi connectivity index (χ4n) is 1.77. The second-order valence-corrected chi connectivity index (χ2v) is 3.96. The molecule has 5 nitrogen and oxygen atoms in total. The number of likely N-dealkylation sites (N-methyl/N-ethyl adjacent to an activating group) is 1. The number of aliphatic hydroxyl groups is 1. The van der Waals surface area contributed by atoms with Crippen molar-refractivity contribution >= 4 is 22.5 Å². The van der Waals surface area contributed by atoms with Crippen molar-refractivity contribution in [2.24, 2.45) is 0 Å². The van der Waals surface area contributed by atoms with E-state index < -0.39 is 0 Å². The molecule has 5 heteroatoms. The van der Waals surface area contributed by atoms with Crippen molar-refractivity contribution < 1.29 is 9.90 Å². The molecule has 0 aliphatic heterocycles. The molecule has 0 fully saturated rings. The van der Waals surface area contributed by atoms with E-state index in [1.807, 2.05) is 6.07 Å². The molecule has 0 saturated carbocycles. The number of fused-ring (bicyclic) bond motifs is 1. The van der Waals surface area contributed by atoms with Crippen molar-refractivity contribution in [3.63, 3.8) is 0 Å². The van der Waals surface area contributed by atoms with Gasteiger partial charge in [-0.25, -0.2) is 0 Å². The smallest absolute Gasteiger partial charge is 0.255 e. The molecule has 2 rings (SSSR count). The van der Waals surface area contributed by atoms with Gasteiger partial charge in [-0.1, -0.05) is 0 Å². The van der Waals surface area contributed by atoms with Crippen LogP contribution in [0, 0.1) is 0 Å². The lowest BCUT2D eigenvalue weighted by molar-refractivity contribution is 0.0769. The average Bonchev–Trinajstić information content (AvgIpc) is 2.71. The number of rotatable bonds is 3. The van der Waals surface area contributed by atoms with Crippen LogP contribution in [0.1, 0.15) is 10.4 Å². The average molecular weight is 233 g/mol. The van der Waals surface area contributed by atoms with Gasteiger partial charge >= 0.3 is 0 Å². The van der Waals surface area contributed by atoms with Crippen LogP contribution in [0.3, 0.4) is 0 Å². The molecule has 1 amide bonds. The summed E-state index contributed by atoms with van der Waals surface area (Å²) >= 11 is 0. The van der Waals surface area contributed by atoms with Gasteiger partial charge in [0.1, 0.15) is 0 Å². The maximum atomic E-state index is 12.1. The summed E-state index contributed by atoms with van der Waals surface area (Å²) in [4.78, 5) is 16.6. The molecule has 1 aromatic carbocycles. The van der Waals surface area contributed by atoms with E-state index in [9.17, 15) is 4.79 Å². The number of H-pyrrole nitrogens is 1. The van der Waals surface area contributed by atoms with E-state index in [2.05, 4.69) is 4.98 Å². The van der Waals surface area contributed by atoms with Gasteiger partial charge in [0.05, 0.1) is 12.2 Å². The molecule has 0 bridgehead atoms. The zero-order valence-electron chi connectivity index (χ0n) is 9.60. The van der Waals surface area contributed by atoms with Crippen molar-refractivity contribution in [3.05, 3.63) is 30.0 Å². The zero-order chi connectivity index (χ0) is 12.4. The molecule has 1 heterocycles. The minimum Gasteiger partial charge on any atom is -0.399 e. The first-order valence-electron chi connectivity index (χ1n) is 5.36. The van der Waals surface area contributed by atoms with Gasteiger partial charge in [0.25, 0.3) is 5.91 Å². The summed E-state index contributed by atoms with van der Waals surface area (Å²) in [6.45, 7) is 0.264. The number of aromatic nitrogens is 1. The number of carbonyl (C=O) groups excluding carboxylic acids is 1. The summed E-state index contributed by atoms with van der Waals surface area (Å²) < 4.78 is 0. The number of carbonyl (C=O) groups is 1. The van der Waals surface area contributed by atoms with Crippen LogP contribution in [0.4, 0.5) is 5.69 Å². The monoisotopic (exact) mass is 233 g/mol. The maximum absolute atomic E-state index is 12.1. The highest BCUT2D eigenvalue weighted by Gasteiger charge is 2.15. The molecule has 90 valence electrons. The van der Waals surface area contributed by atoms with Gasteiger partial charge in [-0.2, -0.15) is 0 Å². The Balaban J connectivity index is 2.41. The standard InChI is InChI=1S/C12H15N3O2/c1-15(4-5-16)12(17)10-7-14-11-3-2-8(13)6-9(10)11/h2-3,6-7,14,16H,4-5,13H2,1H3. The largest absolute Gasteiger partial charge is 0.399 e. The number of amides is 1. The Hall–Kier alpha value is -2.01. The van der Waals surface area contributed by atoms with E-state index in [1.54, 1.807) is 25.4 Å². The summed E-state index contributed by atoms with van der Waals surface area (Å²) in [5.74, 6) is -0.129. The Kier molecular flexibility index (Phi) is 3.01. The summed E-state index contributed by atoms with van der Waals surface area (Å²) in [7, 11) is 1.66. The first-order valence-corrected chi connectivity index (χ1v) is 5.36. The van der Waals surface area contributed by atoms with Crippen LogP contribution in [0.25, 0.3) is 10.9 Å². The summed E-state index contributed by atoms with van der Waals surface area (Å²) in [5, 5.41) is 9.62. The second-order valence-electron chi connectivity index (χ2n) is 3.96. The van der Waals surface area contributed by atoms with Crippen molar-refractivity contribution in [2.75, 3.05) is 25.9 Å². The molecule has 0 saturated heterocycles. The van der Waals surface area contributed by atoms with Crippen LogP contribution in [0.2, 0.25) is 0 Å². The van der Waals surface area contributed by atoms with Crippen LogP contribution >= 0.6 is 0 Å². The lowest BCUT2D eigenvalue weighted by atomic mass is 10.1. The molecule has 0 atom stereocenters. The molecule has 1 aromatic heterocycles. The van der Waals surface area contributed by atoms with Gasteiger partial charge < -0.3 is 20.7 Å². The van der Waals surface area contributed by atoms with E-state index in [4.69, 9.17) is 10.8 Å². The molecule has 0 spiro atoms. The van der Waals surface area contributed by atoms with Gasteiger partial charge in [0.2, 0.25) is 0 Å². The van der Waals surface area contributed by atoms with Gasteiger partial charge in [-0.3, -0.25) is 4.79 Å². The Morgan fingerprint density at radius 2 is 2.29 bits per heavy atom. The summed E-state index contributed by atoms with van der Waals surface area (Å²) in [6, 6.07) is 5.39. The van der Waals surface area contributed by atoms with E-state index in [1.165, 1.54) is 4.90 Å². The molecule has 0 radical (unpaired) electrons. The third kappa shape index (κ3) is 2.09. The van der Waals surface area contributed by atoms with Crippen molar-refractivity contribution in [2.45, 2.75) is 0 Å². The molecule has 0 unspecified atom stereocenters. The second kappa shape index (κ2) is 4.47. The van der Waals surface area contributed by atoms with Crippen molar-refractivity contribution in [1.29, 1.82) is 0 Å². The third-order valence-electron chi connectivity index (χ3n) is 2.72.